The minimum absolute atomic E-state index is 0.814. The second-order valence-electron chi connectivity index (χ2n) is 7.41. The third-order valence-corrected chi connectivity index (χ3v) is 5.17. The lowest BCUT2D eigenvalue weighted by molar-refractivity contribution is 0.262. The predicted octanol–water partition coefficient (Wildman–Crippen LogP) is 6.34. The molecule has 0 aliphatic carbocycles. The highest BCUT2D eigenvalue weighted by Crippen LogP contribution is 2.38. The smallest absolute Gasteiger partial charge is 0.163 e. The average molecular weight is 384 g/mol. The highest BCUT2D eigenvalue weighted by atomic mass is 16.5. The maximum absolute atomic E-state index is 5.66. The molecule has 0 atom stereocenters. The second-order valence-corrected chi connectivity index (χ2v) is 7.41. The number of nitrogens with zero attached hydrogens (tertiary/aromatic N) is 1. The monoisotopic (exact) mass is 383 g/mol. The Balaban J connectivity index is 2.43. The molecule has 0 radical (unpaired) electrons. The molecule has 0 spiro atoms. The standard InChI is InChI=1S/C25H37NO2/c1-6-9-16-26(15-8-3)19-21-13-10-11-14-23(21)22-17-20(12-7-2)25(28-5)24(18-22)27-4/h10-11,13-14,17-18H,6-9,12,15-16,19H2,1-5H3. The van der Waals surface area contributed by atoms with Crippen LogP contribution in [0.4, 0.5) is 0 Å². The summed E-state index contributed by atoms with van der Waals surface area (Å²) in [6.07, 6.45) is 5.72. The lowest BCUT2D eigenvalue weighted by Crippen LogP contribution is -2.25. The van der Waals surface area contributed by atoms with E-state index >= 15 is 0 Å². The molecule has 0 aliphatic rings. The van der Waals surface area contributed by atoms with E-state index in [1.165, 1.54) is 41.5 Å². The lowest BCUT2D eigenvalue weighted by Gasteiger charge is -2.23. The van der Waals surface area contributed by atoms with Crippen molar-refractivity contribution in [2.24, 2.45) is 0 Å². The SMILES string of the molecule is CCCCN(CCC)Cc1ccccc1-c1cc(CCC)c(OC)c(OC)c1. The first-order chi connectivity index (χ1) is 13.7. The van der Waals surface area contributed by atoms with Crippen molar-refractivity contribution in [1.82, 2.24) is 4.90 Å². The molecular formula is C25H37NO2. The Morgan fingerprint density at radius 2 is 1.61 bits per heavy atom. The van der Waals surface area contributed by atoms with Crippen molar-refractivity contribution >= 4 is 0 Å². The Hall–Kier alpha value is -2.00. The van der Waals surface area contributed by atoms with Crippen molar-refractivity contribution in [2.45, 2.75) is 59.4 Å². The first kappa shape index (κ1) is 22.3. The van der Waals surface area contributed by atoms with Gasteiger partial charge < -0.3 is 9.47 Å². The second kappa shape index (κ2) is 11.8. The molecule has 0 saturated heterocycles. The molecule has 2 rings (SSSR count). The molecule has 0 saturated carbocycles. The molecule has 0 amide bonds. The van der Waals surface area contributed by atoms with Crippen LogP contribution in [0.1, 0.15) is 57.6 Å². The van der Waals surface area contributed by atoms with Crippen LogP contribution in [0, 0.1) is 0 Å². The molecule has 3 nitrogen and oxygen atoms in total. The fraction of sp³-hybridized carbons (Fsp3) is 0.520. The number of methoxy groups -OCH3 is 2. The van der Waals surface area contributed by atoms with Crippen LogP contribution < -0.4 is 9.47 Å². The van der Waals surface area contributed by atoms with Crippen LogP contribution in [0.5, 0.6) is 11.5 Å². The molecule has 0 unspecified atom stereocenters. The molecule has 0 bridgehead atoms. The van der Waals surface area contributed by atoms with Gasteiger partial charge in [-0.05, 0) is 66.7 Å². The Kier molecular flexibility index (Phi) is 9.36. The minimum Gasteiger partial charge on any atom is -0.493 e. The van der Waals surface area contributed by atoms with Gasteiger partial charge in [-0.3, -0.25) is 4.90 Å². The van der Waals surface area contributed by atoms with Crippen molar-refractivity contribution in [1.29, 1.82) is 0 Å². The van der Waals surface area contributed by atoms with Crippen LogP contribution in [0.15, 0.2) is 36.4 Å². The Morgan fingerprint density at radius 3 is 2.25 bits per heavy atom. The van der Waals surface area contributed by atoms with E-state index in [-0.39, 0.29) is 0 Å². The maximum Gasteiger partial charge on any atom is 0.163 e. The Bertz CT molecular complexity index is 726. The van der Waals surface area contributed by atoms with Crippen molar-refractivity contribution in [2.75, 3.05) is 27.3 Å². The van der Waals surface area contributed by atoms with E-state index in [0.717, 1.165) is 44.0 Å². The van der Waals surface area contributed by atoms with Gasteiger partial charge in [0.25, 0.3) is 0 Å². The Morgan fingerprint density at radius 1 is 0.821 bits per heavy atom. The molecule has 0 N–H and O–H groups in total. The third kappa shape index (κ3) is 5.75. The molecule has 3 heteroatoms. The predicted molar refractivity (Wildman–Crippen MR) is 119 cm³/mol. The number of hydrogen-bond donors (Lipinski definition) is 0. The van der Waals surface area contributed by atoms with E-state index in [1.807, 2.05) is 0 Å². The lowest BCUT2D eigenvalue weighted by atomic mass is 9.95. The van der Waals surface area contributed by atoms with E-state index in [9.17, 15) is 0 Å². The van der Waals surface area contributed by atoms with E-state index in [2.05, 4.69) is 62.1 Å². The first-order valence-corrected chi connectivity index (χ1v) is 10.7. The van der Waals surface area contributed by atoms with Crippen LogP contribution in [-0.4, -0.2) is 32.2 Å². The fourth-order valence-corrected chi connectivity index (χ4v) is 3.80. The summed E-state index contributed by atoms with van der Waals surface area (Å²) in [7, 11) is 3.44. The van der Waals surface area contributed by atoms with Gasteiger partial charge in [0, 0.05) is 6.54 Å². The number of aryl methyl sites for hydroxylation is 1. The van der Waals surface area contributed by atoms with Gasteiger partial charge in [-0.2, -0.15) is 0 Å². The number of unbranched alkanes of at least 4 members (excludes halogenated alkanes) is 1. The van der Waals surface area contributed by atoms with Gasteiger partial charge in [-0.1, -0.05) is 57.9 Å². The summed E-state index contributed by atoms with van der Waals surface area (Å²) in [5.41, 5.74) is 5.09. The van der Waals surface area contributed by atoms with Crippen molar-refractivity contribution in [3.8, 4) is 22.6 Å². The van der Waals surface area contributed by atoms with Gasteiger partial charge in [-0.15, -0.1) is 0 Å². The first-order valence-electron chi connectivity index (χ1n) is 10.7. The Labute approximate surface area is 171 Å². The maximum atomic E-state index is 5.66. The summed E-state index contributed by atoms with van der Waals surface area (Å²) >= 11 is 0. The number of hydrogen-bond acceptors (Lipinski definition) is 3. The molecule has 154 valence electrons. The van der Waals surface area contributed by atoms with E-state index in [1.54, 1.807) is 14.2 Å². The molecule has 0 aromatic heterocycles. The zero-order valence-electron chi connectivity index (χ0n) is 18.4. The summed E-state index contributed by atoms with van der Waals surface area (Å²) < 4.78 is 11.3. The summed E-state index contributed by atoms with van der Waals surface area (Å²) in [6.45, 7) is 10.0. The number of benzene rings is 2. The van der Waals surface area contributed by atoms with Gasteiger partial charge in [0.2, 0.25) is 0 Å². The molecule has 2 aromatic carbocycles. The van der Waals surface area contributed by atoms with Crippen molar-refractivity contribution in [3.63, 3.8) is 0 Å². The van der Waals surface area contributed by atoms with E-state index < -0.39 is 0 Å². The minimum atomic E-state index is 0.814. The average Bonchev–Trinajstić information content (AvgIpc) is 2.72. The molecule has 0 fully saturated rings. The highest BCUT2D eigenvalue weighted by molar-refractivity contribution is 5.72. The van der Waals surface area contributed by atoms with E-state index in [4.69, 9.17) is 9.47 Å². The molecule has 28 heavy (non-hydrogen) atoms. The molecule has 0 heterocycles. The van der Waals surface area contributed by atoms with Crippen LogP contribution >= 0.6 is 0 Å². The number of rotatable bonds is 12. The fourth-order valence-electron chi connectivity index (χ4n) is 3.80. The summed E-state index contributed by atoms with van der Waals surface area (Å²) in [6, 6.07) is 13.2. The highest BCUT2D eigenvalue weighted by Gasteiger charge is 2.15. The van der Waals surface area contributed by atoms with Crippen molar-refractivity contribution in [3.05, 3.63) is 47.5 Å². The topological polar surface area (TPSA) is 21.7 Å². The van der Waals surface area contributed by atoms with Crippen molar-refractivity contribution < 1.29 is 9.47 Å². The molecular weight excluding hydrogens is 346 g/mol. The summed E-state index contributed by atoms with van der Waals surface area (Å²) in [5.74, 6) is 1.68. The van der Waals surface area contributed by atoms with Crippen LogP contribution in [0.2, 0.25) is 0 Å². The van der Waals surface area contributed by atoms with Gasteiger partial charge >= 0.3 is 0 Å². The van der Waals surface area contributed by atoms with Crippen LogP contribution in [0.25, 0.3) is 11.1 Å². The van der Waals surface area contributed by atoms with Gasteiger partial charge in [0.1, 0.15) is 0 Å². The van der Waals surface area contributed by atoms with Crippen LogP contribution in [0.3, 0.4) is 0 Å². The van der Waals surface area contributed by atoms with E-state index in [0.29, 0.717) is 0 Å². The van der Waals surface area contributed by atoms with Gasteiger partial charge in [0.15, 0.2) is 11.5 Å². The molecule has 2 aromatic rings. The quantitative estimate of drug-likeness (QED) is 0.427. The summed E-state index contributed by atoms with van der Waals surface area (Å²) in [4.78, 5) is 2.58. The third-order valence-electron chi connectivity index (χ3n) is 5.17. The summed E-state index contributed by atoms with van der Waals surface area (Å²) in [5, 5.41) is 0. The van der Waals surface area contributed by atoms with Gasteiger partial charge in [-0.25, -0.2) is 0 Å². The number of ether oxygens (including phenoxy) is 2. The van der Waals surface area contributed by atoms with Crippen LogP contribution in [-0.2, 0) is 13.0 Å². The van der Waals surface area contributed by atoms with Gasteiger partial charge in [0.05, 0.1) is 14.2 Å². The largest absolute Gasteiger partial charge is 0.493 e. The zero-order chi connectivity index (χ0) is 20.4. The zero-order valence-corrected chi connectivity index (χ0v) is 18.4. The normalized spacial score (nSPS) is 11.1. The molecule has 0 aliphatic heterocycles.